The van der Waals surface area contributed by atoms with E-state index >= 15 is 0 Å². The van der Waals surface area contributed by atoms with Gasteiger partial charge in [-0.3, -0.25) is 4.79 Å². The zero-order valence-electron chi connectivity index (χ0n) is 14.2. The van der Waals surface area contributed by atoms with Crippen molar-refractivity contribution >= 4 is 79.7 Å². The first-order valence-corrected chi connectivity index (χ1v) is 10.2. The second-order valence-corrected chi connectivity index (χ2v) is 9.41. The molecule has 2 rings (SSSR count). The van der Waals surface area contributed by atoms with Crippen LogP contribution in [0, 0.1) is 6.92 Å². The van der Waals surface area contributed by atoms with Gasteiger partial charge in [-0.05, 0) is 52.8 Å². The summed E-state index contributed by atoms with van der Waals surface area (Å²) < 4.78 is -0.981. The molecule has 0 aliphatic rings. The fraction of sp³-hybridized carbons (Fsp3) is 0.222. The summed E-state index contributed by atoms with van der Waals surface area (Å²) in [5.41, 5.74) is 2.71. The van der Waals surface area contributed by atoms with Crippen LogP contribution in [0.3, 0.4) is 0 Å². The molecule has 1 atom stereocenters. The molecule has 0 heterocycles. The van der Waals surface area contributed by atoms with Gasteiger partial charge in [-0.15, -0.1) is 0 Å². The monoisotopic (exact) mass is 507 g/mol. The fourth-order valence-electron chi connectivity index (χ4n) is 2.16. The van der Waals surface area contributed by atoms with Crippen LogP contribution in [-0.2, 0) is 11.2 Å². The van der Waals surface area contributed by atoms with Crippen LogP contribution in [0.2, 0.25) is 0 Å². The van der Waals surface area contributed by atoms with Gasteiger partial charge in [0.25, 0.3) is 0 Å². The molecule has 2 aromatic rings. The van der Waals surface area contributed by atoms with E-state index in [0.29, 0.717) is 0 Å². The standard InChI is InChI=1S/C18H17BrCl3N3OS/c1-11-6-8-12(9-7-11)10-15(26)24-16(18(20,21)22)25-17(27)23-14-5-3-2-4-13(14)19/h2-9,16H,10H2,1H3,(H,24,26)(H2,23,25,27). The first kappa shape index (κ1) is 22.2. The van der Waals surface area contributed by atoms with E-state index in [9.17, 15) is 4.79 Å². The highest BCUT2D eigenvalue weighted by Gasteiger charge is 2.34. The van der Waals surface area contributed by atoms with E-state index in [4.69, 9.17) is 47.0 Å². The van der Waals surface area contributed by atoms with Crippen LogP contribution in [0.1, 0.15) is 11.1 Å². The van der Waals surface area contributed by atoms with Crippen LogP contribution in [0.5, 0.6) is 0 Å². The number of carbonyl (C=O) groups excluding carboxylic acids is 1. The van der Waals surface area contributed by atoms with Crippen molar-refractivity contribution in [3.63, 3.8) is 0 Å². The average molecular weight is 510 g/mol. The first-order chi connectivity index (χ1) is 12.6. The van der Waals surface area contributed by atoms with Crippen molar-refractivity contribution in [3.05, 3.63) is 64.1 Å². The molecule has 0 bridgehead atoms. The van der Waals surface area contributed by atoms with Gasteiger partial charge in [0, 0.05) is 4.47 Å². The minimum atomic E-state index is -1.80. The zero-order valence-corrected chi connectivity index (χ0v) is 18.9. The first-order valence-electron chi connectivity index (χ1n) is 7.89. The molecular formula is C18H17BrCl3N3OS. The van der Waals surface area contributed by atoms with E-state index in [1.807, 2.05) is 55.5 Å². The van der Waals surface area contributed by atoms with Crippen LogP contribution in [0.15, 0.2) is 53.0 Å². The van der Waals surface area contributed by atoms with Crippen LogP contribution in [0.25, 0.3) is 0 Å². The molecule has 9 heteroatoms. The molecule has 0 fully saturated rings. The number of halogens is 4. The SMILES string of the molecule is Cc1ccc(CC(=O)NC(NC(=S)Nc2ccccc2Br)C(Cl)(Cl)Cl)cc1. The molecule has 1 amide bonds. The van der Waals surface area contributed by atoms with Gasteiger partial charge >= 0.3 is 0 Å². The van der Waals surface area contributed by atoms with E-state index in [0.717, 1.165) is 21.3 Å². The van der Waals surface area contributed by atoms with Crippen molar-refractivity contribution in [1.82, 2.24) is 10.6 Å². The summed E-state index contributed by atoms with van der Waals surface area (Å²) in [7, 11) is 0. The van der Waals surface area contributed by atoms with Crippen molar-refractivity contribution in [3.8, 4) is 0 Å². The molecule has 0 aliphatic carbocycles. The lowest BCUT2D eigenvalue weighted by atomic mass is 10.1. The van der Waals surface area contributed by atoms with Crippen molar-refractivity contribution in [1.29, 1.82) is 0 Å². The Morgan fingerprint density at radius 2 is 1.74 bits per heavy atom. The van der Waals surface area contributed by atoms with Gasteiger partial charge in [0.05, 0.1) is 12.1 Å². The lowest BCUT2D eigenvalue weighted by Gasteiger charge is -2.28. The van der Waals surface area contributed by atoms with Gasteiger partial charge in [0.2, 0.25) is 9.70 Å². The number of thiocarbonyl (C=S) groups is 1. The molecule has 0 aromatic heterocycles. The number of para-hydroxylation sites is 1. The number of hydrogen-bond acceptors (Lipinski definition) is 2. The van der Waals surface area contributed by atoms with Crippen molar-refractivity contribution < 1.29 is 4.79 Å². The molecule has 0 radical (unpaired) electrons. The molecule has 144 valence electrons. The highest BCUT2D eigenvalue weighted by molar-refractivity contribution is 9.10. The maximum absolute atomic E-state index is 12.4. The van der Waals surface area contributed by atoms with Gasteiger partial charge in [0.1, 0.15) is 6.17 Å². The Kier molecular flexibility index (Phi) is 8.19. The maximum Gasteiger partial charge on any atom is 0.228 e. The zero-order chi connectivity index (χ0) is 20.0. The van der Waals surface area contributed by atoms with Gasteiger partial charge in [-0.2, -0.15) is 0 Å². The summed E-state index contributed by atoms with van der Waals surface area (Å²) in [4.78, 5) is 12.4. The molecule has 1 unspecified atom stereocenters. The third-order valence-electron chi connectivity index (χ3n) is 3.52. The molecule has 2 aromatic carbocycles. The van der Waals surface area contributed by atoms with Gasteiger partial charge < -0.3 is 16.0 Å². The predicted molar refractivity (Wildman–Crippen MR) is 121 cm³/mol. The molecule has 0 saturated carbocycles. The van der Waals surface area contributed by atoms with E-state index in [2.05, 4.69) is 31.9 Å². The minimum absolute atomic E-state index is 0.156. The number of alkyl halides is 3. The summed E-state index contributed by atoms with van der Waals surface area (Å²) >= 11 is 26.7. The second-order valence-electron chi connectivity index (χ2n) is 5.78. The Labute approximate surface area is 187 Å². The Morgan fingerprint density at radius 1 is 1.11 bits per heavy atom. The normalized spacial score (nSPS) is 12.2. The summed E-state index contributed by atoms with van der Waals surface area (Å²) in [6.07, 6.45) is -0.855. The summed E-state index contributed by atoms with van der Waals surface area (Å²) in [5, 5.41) is 8.69. The van der Waals surface area contributed by atoms with Crippen molar-refractivity contribution in [2.45, 2.75) is 23.3 Å². The van der Waals surface area contributed by atoms with Gasteiger partial charge in [0.15, 0.2) is 5.11 Å². The summed E-state index contributed by atoms with van der Waals surface area (Å²) in [6, 6.07) is 15.1. The maximum atomic E-state index is 12.4. The largest absolute Gasteiger partial charge is 0.339 e. The third kappa shape index (κ3) is 7.47. The molecule has 0 spiro atoms. The lowest BCUT2D eigenvalue weighted by molar-refractivity contribution is -0.121. The molecule has 3 N–H and O–H groups in total. The topological polar surface area (TPSA) is 53.2 Å². The number of benzene rings is 2. The smallest absolute Gasteiger partial charge is 0.228 e. The number of anilines is 1. The lowest BCUT2D eigenvalue weighted by Crippen LogP contribution is -2.56. The molecule has 27 heavy (non-hydrogen) atoms. The minimum Gasteiger partial charge on any atom is -0.339 e. The second kappa shape index (κ2) is 9.94. The highest BCUT2D eigenvalue weighted by atomic mass is 79.9. The molecule has 0 saturated heterocycles. The number of hydrogen-bond donors (Lipinski definition) is 3. The van der Waals surface area contributed by atoms with E-state index < -0.39 is 9.96 Å². The van der Waals surface area contributed by atoms with Crippen LogP contribution in [-0.4, -0.2) is 21.0 Å². The van der Waals surface area contributed by atoms with Crippen molar-refractivity contribution in [2.75, 3.05) is 5.32 Å². The summed E-state index contributed by atoms with van der Waals surface area (Å²) in [6.45, 7) is 1.98. The van der Waals surface area contributed by atoms with E-state index in [-0.39, 0.29) is 17.4 Å². The quantitative estimate of drug-likeness (QED) is 0.298. The van der Waals surface area contributed by atoms with E-state index in [1.165, 1.54) is 0 Å². The van der Waals surface area contributed by atoms with Crippen LogP contribution < -0.4 is 16.0 Å². The summed E-state index contributed by atoms with van der Waals surface area (Å²) in [5.74, 6) is -0.300. The average Bonchev–Trinajstić information content (AvgIpc) is 2.57. The van der Waals surface area contributed by atoms with Gasteiger partial charge in [-0.1, -0.05) is 76.8 Å². The molecule has 4 nitrogen and oxygen atoms in total. The van der Waals surface area contributed by atoms with Crippen molar-refractivity contribution in [2.24, 2.45) is 0 Å². The third-order valence-corrected chi connectivity index (χ3v) is 5.08. The highest BCUT2D eigenvalue weighted by Crippen LogP contribution is 2.29. The Morgan fingerprint density at radius 3 is 2.33 bits per heavy atom. The van der Waals surface area contributed by atoms with Crippen LogP contribution in [0.4, 0.5) is 5.69 Å². The number of aryl methyl sites for hydroxylation is 1. The predicted octanol–water partition coefficient (Wildman–Crippen LogP) is 5.10. The molecule has 0 aliphatic heterocycles. The van der Waals surface area contributed by atoms with Crippen LogP contribution >= 0.6 is 63.0 Å². The van der Waals surface area contributed by atoms with E-state index in [1.54, 1.807) is 0 Å². The number of rotatable bonds is 5. The number of carbonyl (C=O) groups is 1. The number of nitrogens with one attached hydrogen (secondary N) is 3. The van der Waals surface area contributed by atoms with Gasteiger partial charge in [-0.25, -0.2) is 0 Å². The fourth-order valence-corrected chi connectivity index (χ4v) is 3.09. The molecular weight excluding hydrogens is 493 g/mol. The Balaban J connectivity index is 2.00. The Bertz CT molecular complexity index is 812. The Hall–Kier alpha value is -1.05. The number of amides is 1.